The van der Waals surface area contributed by atoms with Crippen LogP contribution in [0.1, 0.15) is 24.8 Å². The molecular formula is C17H18ClN3O4S. The lowest BCUT2D eigenvalue weighted by atomic mass is 9.86. The van der Waals surface area contributed by atoms with E-state index in [1.807, 2.05) is 0 Å². The molecule has 1 aromatic carbocycles. The van der Waals surface area contributed by atoms with Crippen LogP contribution in [0, 0.1) is 10.1 Å². The van der Waals surface area contributed by atoms with Gasteiger partial charge in [0.25, 0.3) is 5.70 Å². The molecule has 0 aliphatic carbocycles. The Morgan fingerprint density at radius 1 is 1.46 bits per heavy atom. The monoisotopic (exact) mass is 395 g/mol. The molecule has 9 heteroatoms. The third-order valence-corrected chi connectivity index (χ3v) is 5.70. The van der Waals surface area contributed by atoms with E-state index in [0.29, 0.717) is 22.2 Å². The number of nitro groups is 1. The first-order valence-electron chi connectivity index (χ1n) is 8.16. The third-order valence-electron chi connectivity index (χ3n) is 4.25. The van der Waals surface area contributed by atoms with Gasteiger partial charge in [-0.2, -0.15) is 0 Å². The number of esters is 1. The summed E-state index contributed by atoms with van der Waals surface area (Å²) in [6.07, 6.45) is 0.821. The second kappa shape index (κ2) is 7.59. The number of nitrogens with zero attached hydrogens (tertiary/aromatic N) is 2. The summed E-state index contributed by atoms with van der Waals surface area (Å²) < 4.78 is 5.15. The Balaban J connectivity index is 2.22. The van der Waals surface area contributed by atoms with Crippen LogP contribution in [0.2, 0.25) is 5.02 Å². The van der Waals surface area contributed by atoms with Gasteiger partial charge in [-0.25, -0.2) is 4.79 Å². The minimum atomic E-state index is -0.904. The van der Waals surface area contributed by atoms with Crippen LogP contribution in [0.5, 0.6) is 0 Å². The maximum absolute atomic E-state index is 12.6. The molecule has 0 spiro atoms. The van der Waals surface area contributed by atoms with Crippen LogP contribution in [0.25, 0.3) is 0 Å². The van der Waals surface area contributed by atoms with E-state index in [4.69, 9.17) is 22.1 Å². The minimum Gasteiger partial charge on any atom is -0.463 e. The van der Waals surface area contributed by atoms with Crippen LogP contribution in [0.3, 0.4) is 0 Å². The van der Waals surface area contributed by atoms with Gasteiger partial charge < -0.3 is 15.4 Å². The molecule has 2 aliphatic rings. The molecule has 2 aliphatic heterocycles. The van der Waals surface area contributed by atoms with Crippen molar-refractivity contribution in [2.45, 2.75) is 19.3 Å². The van der Waals surface area contributed by atoms with Crippen molar-refractivity contribution in [3.8, 4) is 0 Å². The number of carbonyl (C=O) groups is 1. The zero-order valence-electron chi connectivity index (χ0n) is 14.1. The molecule has 26 heavy (non-hydrogen) atoms. The standard InChI is InChI=1S/C17H18ClN3O4S/c1-2-25-17(22)13-12(10-4-6-11(18)7-5-10)14(21(23)24)16-20(15(13)19)8-3-9-26-16/h4-7,12H,2-3,8-9,19H2,1H3. The van der Waals surface area contributed by atoms with Crippen LogP contribution in [0.4, 0.5) is 0 Å². The van der Waals surface area contributed by atoms with Gasteiger partial charge in [-0.1, -0.05) is 23.7 Å². The van der Waals surface area contributed by atoms with Gasteiger partial charge in [-0.3, -0.25) is 10.1 Å². The molecule has 0 amide bonds. The smallest absolute Gasteiger partial charge is 0.338 e. The predicted molar refractivity (Wildman–Crippen MR) is 99.8 cm³/mol. The first-order chi connectivity index (χ1) is 12.5. The maximum atomic E-state index is 12.6. The van der Waals surface area contributed by atoms with Crippen LogP contribution < -0.4 is 5.73 Å². The summed E-state index contributed by atoms with van der Waals surface area (Å²) in [6.45, 7) is 2.37. The molecule has 138 valence electrons. The van der Waals surface area contributed by atoms with E-state index >= 15 is 0 Å². The summed E-state index contributed by atoms with van der Waals surface area (Å²) in [4.78, 5) is 25.8. The van der Waals surface area contributed by atoms with E-state index in [1.165, 1.54) is 11.8 Å². The number of halogens is 1. The van der Waals surface area contributed by atoms with Crippen LogP contribution in [-0.4, -0.2) is 34.7 Å². The van der Waals surface area contributed by atoms with Crippen molar-refractivity contribution in [3.63, 3.8) is 0 Å². The zero-order chi connectivity index (χ0) is 18.8. The van der Waals surface area contributed by atoms with Gasteiger partial charge in [-0.05, 0) is 31.0 Å². The van der Waals surface area contributed by atoms with E-state index in [2.05, 4.69) is 0 Å². The van der Waals surface area contributed by atoms with E-state index in [0.717, 1.165) is 12.2 Å². The largest absolute Gasteiger partial charge is 0.463 e. The number of rotatable bonds is 4. The van der Waals surface area contributed by atoms with Gasteiger partial charge in [0.1, 0.15) is 11.7 Å². The number of allylic oxidation sites excluding steroid dienone is 1. The van der Waals surface area contributed by atoms with Crippen molar-refractivity contribution in [3.05, 3.63) is 67.1 Å². The fourth-order valence-corrected chi connectivity index (χ4v) is 4.44. The first kappa shape index (κ1) is 18.6. The molecule has 0 saturated carbocycles. The summed E-state index contributed by atoms with van der Waals surface area (Å²) in [6, 6.07) is 6.62. The summed E-state index contributed by atoms with van der Waals surface area (Å²) >= 11 is 7.34. The second-order valence-corrected chi connectivity index (χ2v) is 7.33. The fraction of sp³-hybridized carbons (Fsp3) is 0.353. The molecule has 1 saturated heterocycles. The quantitative estimate of drug-likeness (QED) is 0.475. The lowest BCUT2D eigenvalue weighted by Crippen LogP contribution is -2.40. The number of hydrogen-bond donors (Lipinski definition) is 1. The van der Waals surface area contributed by atoms with Crippen LogP contribution in [0.15, 0.2) is 46.4 Å². The van der Waals surface area contributed by atoms with Gasteiger partial charge in [0.2, 0.25) is 0 Å². The molecule has 0 radical (unpaired) electrons. The predicted octanol–water partition coefficient (Wildman–Crippen LogP) is 3.06. The second-order valence-electron chi connectivity index (χ2n) is 5.81. The van der Waals surface area contributed by atoms with Gasteiger partial charge in [-0.15, -0.1) is 11.8 Å². The zero-order valence-corrected chi connectivity index (χ0v) is 15.7. The molecular weight excluding hydrogens is 378 g/mol. The van der Waals surface area contributed by atoms with E-state index in [9.17, 15) is 14.9 Å². The number of carbonyl (C=O) groups excluding carboxylic acids is 1. The van der Waals surface area contributed by atoms with Crippen molar-refractivity contribution in [2.75, 3.05) is 18.9 Å². The average molecular weight is 396 g/mol. The highest BCUT2D eigenvalue weighted by Gasteiger charge is 2.46. The van der Waals surface area contributed by atoms with Crippen LogP contribution in [-0.2, 0) is 9.53 Å². The van der Waals surface area contributed by atoms with Crippen LogP contribution >= 0.6 is 23.4 Å². The van der Waals surface area contributed by atoms with E-state index in [-0.39, 0.29) is 23.7 Å². The van der Waals surface area contributed by atoms with Crippen molar-refractivity contribution in [1.29, 1.82) is 0 Å². The lowest BCUT2D eigenvalue weighted by Gasteiger charge is -2.37. The van der Waals surface area contributed by atoms with Gasteiger partial charge in [0, 0.05) is 17.3 Å². The van der Waals surface area contributed by atoms with Crippen molar-refractivity contribution in [1.82, 2.24) is 4.90 Å². The lowest BCUT2D eigenvalue weighted by molar-refractivity contribution is -0.431. The topological polar surface area (TPSA) is 98.7 Å². The summed E-state index contributed by atoms with van der Waals surface area (Å²) in [7, 11) is 0. The van der Waals surface area contributed by atoms with Crippen molar-refractivity contribution < 1.29 is 14.5 Å². The Hall–Kier alpha value is -2.19. The summed E-state index contributed by atoms with van der Waals surface area (Å²) in [5.41, 5.74) is 6.92. The highest BCUT2D eigenvalue weighted by atomic mass is 35.5. The number of ether oxygens (including phenoxy) is 1. The molecule has 3 rings (SSSR count). The van der Waals surface area contributed by atoms with Crippen molar-refractivity contribution >= 4 is 29.3 Å². The fourth-order valence-electron chi connectivity index (χ4n) is 3.16. The molecule has 1 atom stereocenters. The summed E-state index contributed by atoms with van der Waals surface area (Å²) in [5.74, 6) is -0.563. The van der Waals surface area contributed by atoms with Crippen molar-refractivity contribution in [2.24, 2.45) is 5.73 Å². The van der Waals surface area contributed by atoms with E-state index < -0.39 is 16.8 Å². The minimum absolute atomic E-state index is 0.0470. The normalized spacial score (nSPS) is 20.1. The number of hydrogen-bond acceptors (Lipinski definition) is 7. The summed E-state index contributed by atoms with van der Waals surface area (Å²) in [5, 5.41) is 13.0. The maximum Gasteiger partial charge on any atom is 0.338 e. The number of nitrogens with two attached hydrogens (primary N) is 1. The molecule has 7 nitrogen and oxygen atoms in total. The Labute approximate surface area is 160 Å². The molecule has 1 unspecified atom stereocenters. The van der Waals surface area contributed by atoms with E-state index in [1.54, 1.807) is 36.1 Å². The Morgan fingerprint density at radius 2 is 2.15 bits per heavy atom. The highest BCUT2D eigenvalue weighted by molar-refractivity contribution is 8.03. The van der Waals surface area contributed by atoms with Gasteiger partial charge in [0.05, 0.1) is 17.1 Å². The molecule has 0 bridgehead atoms. The Kier molecular flexibility index (Phi) is 5.43. The average Bonchev–Trinajstić information content (AvgIpc) is 2.62. The Bertz CT molecular complexity index is 807. The van der Waals surface area contributed by atoms with Gasteiger partial charge >= 0.3 is 5.97 Å². The molecule has 2 N–H and O–H groups in total. The molecule has 1 aromatic rings. The SMILES string of the molecule is CCOC(=O)C1=C(N)N2CCCSC2=C([N+](=O)[O-])C1c1ccc(Cl)cc1. The number of thioether (sulfide) groups is 1. The first-order valence-corrected chi connectivity index (χ1v) is 9.53. The molecule has 0 aromatic heterocycles. The Morgan fingerprint density at radius 3 is 2.77 bits per heavy atom. The third kappa shape index (κ3) is 3.26. The number of fused-ring (bicyclic) bond motifs is 1. The molecule has 2 heterocycles. The van der Waals surface area contributed by atoms with Gasteiger partial charge in [0.15, 0.2) is 5.03 Å². The molecule has 1 fully saturated rings. The number of benzene rings is 1. The highest BCUT2D eigenvalue weighted by Crippen LogP contribution is 2.46.